The molecule has 0 saturated carbocycles. The molecule has 1 heterocycles. The molecule has 0 unspecified atom stereocenters. The molecule has 1 aliphatic rings. The molecular formula is C8H20ClN3O2S. The third-order valence-corrected chi connectivity index (χ3v) is 3.79. The molecule has 0 aromatic carbocycles. The minimum absolute atomic E-state index is 0. The second kappa shape index (κ2) is 7.40. The van der Waals surface area contributed by atoms with E-state index in [4.69, 9.17) is 0 Å². The lowest BCUT2D eigenvalue weighted by Gasteiger charge is -2.19. The molecule has 0 aromatic rings. The van der Waals surface area contributed by atoms with E-state index in [0.717, 1.165) is 25.9 Å². The molecule has 5 nitrogen and oxygen atoms in total. The molecule has 15 heavy (non-hydrogen) atoms. The van der Waals surface area contributed by atoms with Crippen molar-refractivity contribution in [1.82, 2.24) is 14.3 Å². The molecule has 0 aromatic heterocycles. The lowest BCUT2D eigenvalue weighted by molar-refractivity contribution is 0.422. The van der Waals surface area contributed by atoms with Gasteiger partial charge in [-0.3, -0.25) is 0 Å². The Kier molecular flexibility index (Phi) is 7.46. The maximum Gasteiger partial charge on any atom is 0.279 e. The fourth-order valence-corrected chi connectivity index (χ4v) is 2.73. The first-order chi connectivity index (χ1) is 6.67. The molecule has 0 radical (unpaired) electrons. The Bertz CT molecular complexity index is 251. The first-order valence-corrected chi connectivity index (χ1v) is 6.56. The van der Waals surface area contributed by atoms with Gasteiger partial charge in [0.05, 0.1) is 0 Å². The van der Waals surface area contributed by atoms with Crippen LogP contribution in [0.4, 0.5) is 0 Å². The maximum atomic E-state index is 11.7. The summed E-state index contributed by atoms with van der Waals surface area (Å²) >= 11 is 0. The summed E-state index contributed by atoms with van der Waals surface area (Å²) in [4.78, 5) is 0. The summed E-state index contributed by atoms with van der Waals surface area (Å²) in [5.74, 6) is 0. The van der Waals surface area contributed by atoms with Crippen LogP contribution < -0.4 is 10.0 Å². The molecule has 7 heteroatoms. The van der Waals surface area contributed by atoms with Crippen molar-refractivity contribution in [1.29, 1.82) is 0 Å². The molecule has 1 aliphatic heterocycles. The van der Waals surface area contributed by atoms with Gasteiger partial charge in [0.2, 0.25) is 0 Å². The summed E-state index contributed by atoms with van der Waals surface area (Å²) < 4.78 is 27.5. The van der Waals surface area contributed by atoms with Crippen LogP contribution in [0.5, 0.6) is 0 Å². The van der Waals surface area contributed by atoms with E-state index in [1.807, 2.05) is 6.92 Å². The standard InChI is InChI=1S/C8H19N3O2S.ClH/c1-2-4-10-14(12,13)11-7-3-5-9-6-8-11;/h9-10H,2-8H2,1H3;1H. The van der Waals surface area contributed by atoms with E-state index in [1.54, 1.807) is 0 Å². The van der Waals surface area contributed by atoms with Gasteiger partial charge >= 0.3 is 0 Å². The molecule has 1 saturated heterocycles. The van der Waals surface area contributed by atoms with E-state index >= 15 is 0 Å². The lowest BCUT2D eigenvalue weighted by Crippen LogP contribution is -2.42. The number of nitrogens with zero attached hydrogens (tertiary/aromatic N) is 1. The third kappa shape index (κ3) is 5.12. The second-order valence-electron chi connectivity index (χ2n) is 3.40. The quantitative estimate of drug-likeness (QED) is 0.742. The fourth-order valence-electron chi connectivity index (χ4n) is 1.38. The Morgan fingerprint density at radius 2 is 2.07 bits per heavy atom. The zero-order valence-electron chi connectivity index (χ0n) is 9.03. The van der Waals surface area contributed by atoms with Gasteiger partial charge in [-0.25, -0.2) is 4.72 Å². The van der Waals surface area contributed by atoms with Crippen LogP contribution in [0.1, 0.15) is 19.8 Å². The minimum Gasteiger partial charge on any atom is -0.315 e. The molecule has 0 atom stereocenters. The molecule has 2 N–H and O–H groups in total. The van der Waals surface area contributed by atoms with Gasteiger partial charge in [-0.2, -0.15) is 12.7 Å². The zero-order chi connectivity index (χ0) is 10.4. The largest absolute Gasteiger partial charge is 0.315 e. The minimum atomic E-state index is -3.23. The molecule has 1 rings (SSSR count). The molecular weight excluding hydrogens is 238 g/mol. The SMILES string of the molecule is CCCNS(=O)(=O)N1CCCNCC1.Cl. The Morgan fingerprint density at radius 1 is 1.33 bits per heavy atom. The normalized spacial score (nSPS) is 19.3. The van der Waals surface area contributed by atoms with Crippen LogP contribution in [0.25, 0.3) is 0 Å². The number of hydrogen-bond donors (Lipinski definition) is 2. The van der Waals surface area contributed by atoms with Gasteiger partial charge in [0, 0.05) is 26.2 Å². The monoisotopic (exact) mass is 257 g/mol. The Balaban J connectivity index is 0.00000196. The van der Waals surface area contributed by atoms with Crippen molar-refractivity contribution in [3.05, 3.63) is 0 Å². The number of rotatable bonds is 4. The van der Waals surface area contributed by atoms with Gasteiger partial charge in [-0.1, -0.05) is 6.92 Å². The van der Waals surface area contributed by atoms with Crippen LogP contribution in [-0.2, 0) is 10.2 Å². The summed E-state index contributed by atoms with van der Waals surface area (Å²) in [5.41, 5.74) is 0. The topological polar surface area (TPSA) is 61.4 Å². The molecule has 0 bridgehead atoms. The molecule has 0 amide bonds. The van der Waals surface area contributed by atoms with Crippen molar-refractivity contribution in [2.75, 3.05) is 32.7 Å². The van der Waals surface area contributed by atoms with E-state index in [0.29, 0.717) is 19.6 Å². The van der Waals surface area contributed by atoms with Crippen LogP contribution in [0.15, 0.2) is 0 Å². The van der Waals surface area contributed by atoms with Crippen LogP contribution in [-0.4, -0.2) is 45.4 Å². The third-order valence-electron chi connectivity index (χ3n) is 2.17. The van der Waals surface area contributed by atoms with Gasteiger partial charge in [0.15, 0.2) is 0 Å². The highest BCUT2D eigenvalue weighted by atomic mass is 35.5. The highest BCUT2D eigenvalue weighted by Crippen LogP contribution is 2.01. The van der Waals surface area contributed by atoms with Gasteiger partial charge < -0.3 is 5.32 Å². The number of hydrogen-bond acceptors (Lipinski definition) is 3. The van der Waals surface area contributed by atoms with E-state index in [-0.39, 0.29) is 12.4 Å². The fraction of sp³-hybridized carbons (Fsp3) is 1.00. The van der Waals surface area contributed by atoms with Crippen LogP contribution in [0.2, 0.25) is 0 Å². The predicted molar refractivity (Wildman–Crippen MR) is 63.5 cm³/mol. The van der Waals surface area contributed by atoms with Crippen molar-refractivity contribution in [3.63, 3.8) is 0 Å². The van der Waals surface area contributed by atoms with Crippen LogP contribution in [0, 0.1) is 0 Å². The summed E-state index contributed by atoms with van der Waals surface area (Å²) in [6.45, 7) is 5.30. The van der Waals surface area contributed by atoms with Gasteiger partial charge in [-0.05, 0) is 19.4 Å². The number of halogens is 1. The zero-order valence-corrected chi connectivity index (χ0v) is 10.7. The van der Waals surface area contributed by atoms with E-state index in [1.165, 1.54) is 4.31 Å². The first kappa shape index (κ1) is 15.1. The smallest absolute Gasteiger partial charge is 0.279 e. The van der Waals surface area contributed by atoms with E-state index < -0.39 is 10.2 Å². The van der Waals surface area contributed by atoms with Crippen molar-refractivity contribution in [2.24, 2.45) is 0 Å². The van der Waals surface area contributed by atoms with Crippen molar-refractivity contribution in [3.8, 4) is 0 Å². The van der Waals surface area contributed by atoms with Crippen LogP contribution >= 0.6 is 12.4 Å². The highest BCUT2D eigenvalue weighted by molar-refractivity contribution is 7.87. The Hall–Kier alpha value is 0.120. The molecule has 0 aliphatic carbocycles. The second-order valence-corrected chi connectivity index (χ2v) is 5.16. The van der Waals surface area contributed by atoms with Gasteiger partial charge in [0.25, 0.3) is 10.2 Å². The van der Waals surface area contributed by atoms with Crippen LogP contribution in [0.3, 0.4) is 0 Å². The average Bonchev–Trinajstić information content (AvgIpc) is 2.43. The predicted octanol–water partition coefficient (Wildman–Crippen LogP) is -0.0521. The first-order valence-electron chi connectivity index (χ1n) is 5.12. The summed E-state index contributed by atoms with van der Waals surface area (Å²) in [6, 6.07) is 0. The van der Waals surface area contributed by atoms with Crippen molar-refractivity contribution >= 4 is 22.6 Å². The van der Waals surface area contributed by atoms with E-state index in [2.05, 4.69) is 10.0 Å². The molecule has 1 fully saturated rings. The Morgan fingerprint density at radius 3 is 2.73 bits per heavy atom. The van der Waals surface area contributed by atoms with Gasteiger partial charge in [0.1, 0.15) is 0 Å². The molecule has 92 valence electrons. The lowest BCUT2D eigenvalue weighted by atomic mass is 10.4. The summed E-state index contributed by atoms with van der Waals surface area (Å²) in [7, 11) is -3.23. The summed E-state index contributed by atoms with van der Waals surface area (Å²) in [6.07, 6.45) is 1.71. The number of nitrogens with one attached hydrogen (secondary N) is 2. The summed E-state index contributed by atoms with van der Waals surface area (Å²) in [5, 5.41) is 3.17. The maximum absolute atomic E-state index is 11.7. The van der Waals surface area contributed by atoms with Crippen molar-refractivity contribution < 1.29 is 8.42 Å². The van der Waals surface area contributed by atoms with Crippen molar-refractivity contribution in [2.45, 2.75) is 19.8 Å². The Labute approximate surface area is 98.2 Å². The molecule has 0 spiro atoms. The highest BCUT2D eigenvalue weighted by Gasteiger charge is 2.21. The average molecular weight is 258 g/mol. The van der Waals surface area contributed by atoms with E-state index in [9.17, 15) is 8.42 Å². The van der Waals surface area contributed by atoms with Gasteiger partial charge in [-0.15, -0.1) is 12.4 Å².